The van der Waals surface area contributed by atoms with Crippen LogP contribution in [0.15, 0.2) is 36.4 Å². The summed E-state index contributed by atoms with van der Waals surface area (Å²) in [6.45, 7) is 3.11. The van der Waals surface area contributed by atoms with Crippen LogP contribution in [-0.4, -0.2) is 24.1 Å². The minimum atomic E-state index is -0.0723. The Bertz CT molecular complexity index is 877. The molecule has 0 atom stereocenters. The fourth-order valence-corrected chi connectivity index (χ4v) is 3.58. The monoisotopic (exact) mass is 340 g/mol. The quantitative estimate of drug-likeness (QED) is 0.792. The zero-order chi connectivity index (χ0) is 16.5. The highest BCUT2D eigenvalue weighted by Crippen LogP contribution is 2.37. The lowest BCUT2D eigenvalue weighted by Gasteiger charge is -2.17. The Kier molecular flexibility index (Phi) is 3.82. The summed E-state index contributed by atoms with van der Waals surface area (Å²) in [6.07, 6.45) is 0.334. The number of hydrogen-bond acceptors (Lipinski definition) is 5. The van der Waals surface area contributed by atoms with E-state index in [-0.39, 0.29) is 5.91 Å². The molecule has 1 N–H and O–H groups in total. The lowest BCUT2D eigenvalue weighted by Crippen LogP contribution is -2.15. The highest BCUT2D eigenvalue weighted by molar-refractivity contribution is 7.22. The summed E-state index contributed by atoms with van der Waals surface area (Å²) in [5, 5.41) is 3.46. The summed E-state index contributed by atoms with van der Waals surface area (Å²) >= 11 is 1.43. The van der Waals surface area contributed by atoms with Gasteiger partial charge >= 0.3 is 0 Å². The van der Waals surface area contributed by atoms with E-state index in [1.807, 2.05) is 43.3 Å². The number of ether oxygens (including phenoxy) is 2. The molecule has 0 saturated carbocycles. The number of aromatic nitrogens is 1. The summed E-state index contributed by atoms with van der Waals surface area (Å²) in [4.78, 5) is 16.7. The fourth-order valence-electron chi connectivity index (χ4n) is 2.69. The van der Waals surface area contributed by atoms with Crippen molar-refractivity contribution >= 4 is 32.6 Å². The number of nitrogens with zero attached hydrogens (tertiary/aromatic N) is 1. The molecule has 2 aromatic carbocycles. The second-order valence-electron chi connectivity index (χ2n) is 5.70. The van der Waals surface area contributed by atoms with Crippen LogP contribution >= 0.6 is 11.3 Å². The van der Waals surface area contributed by atoms with E-state index in [1.165, 1.54) is 11.3 Å². The molecule has 0 fully saturated rings. The van der Waals surface area contributed by atoms with Crippen molar-refractivity contribution in [1.82, 2.24) is 4.98 Å². The minimum Gasteiger partial charge on any atom is -0.486 e. The van der Waals surface area contributed by atoms with E-state index in [4.69, 9.17) is 9.47 Å². The number of benzene rings is 2. The van der Waals surface area contributed by atoms with Crippen LogP contribution in [0.2, 0.25) is 0 Å². The topological polar surface area (TPSA) is 60.5 Å². The van der Waals surface area contributed by atoms with Crippen molar-refractivity contribution in [2.24, 2.45) is 0 Å². The van der Waals surface area contributed by atoms with Crippen molar-refractivity contribution < 1.29 is 14.3 Å². The number of carbonyl (C=O) groups excluding carboxylic acids is 1. The molecule has 1 aliphatic rings. The van der Waals surface area contributed by atoms with E-state index in [0.717, 1.165) is 27.1 Å². The second kappa shape index (κ2) is 6.13. The molecule has 1 aromatic heterocycles. The summed E-state index contributed by atoms with van der Waals surface area (Å²) in [6, 6.07) is 11.7. The van der Waals surface area contributed by atoms with E-state index < -0.39 is 0 Å². The molecule has 1 amide bonds. The maximum absolute atomic E-state index is 12.2. The van der Waals surface area contributed by atoms with Crippen LogP contribution in [0.4, 0.5) is 5.13 Å². The number of carbonyl (C=O) groups is 1. The highest BCUT2D eigenvalue weighted by Gasteiger charge is 2.16. The molecule has 4 rings (SSSR count). The van der Waals surface area contributed by atoms with Crippen molar-refractivity contribution in [1.29, 1.82) is 0 Å². The number of nitrogens with one attached hydrogen (secondary N) is 1. The van der Waals surface area contributed by atoms with Gasteiger partial charge in [0.1, 0.15) is 13.2 Å². The van der Waals surface area contributed by atoms with Crippen molar-refractivity contribution in [3.63, 3.8) is 0 Å². The Morgan fingerprint density at radius 2 is 2.00 bits per heavy atom. The molecule has 0 radical (unpaired) electrons. The van der Waals surface area contributed by atoms with Gasteiger partial charge in [-0.15, -0.1) is 0 Å². The number of aryl methyl sites for hydroxylation is 1. The van der Waals surface area contributed by atoms with E-state index in [9.17, 15) is 4.79 Å². The van der Waals surface area contributed by atoms with Gasteiger partial charge in [-0.3, -0.25) is 4.79 Å². The number of anilines is 1. The second-order valence-corrected chi connectivity index (χ2v) is 6.73. The lowest BCUT2D eigenvalue weighted by molar-refractivity contribution is -0.115. The third-order valence-corrected chi connectivity index (χ3v) is 4.68. The largest absolute Gasteiger partial charge is 0.486 e. The molecule has 2 heterocycles. The van der Waals surface area contributed by atoms with Crippen molar-refractivity contribution in [3.8, 4) is 11.5 Å². The molecule has 0 saturated heterocycles. The van der Waals surface area contributed by atoms with Gasteiger partial charge in [0.25, 0.3) is 0 Å². The van der Waals surface area contributed by atoms with Gasteiger partial charge in [0, 0.05) is 12.1 Å². The van der Waals surface area contributed by atoms with E-state index in [1.54, 1.807) is 0 Å². The van der Waals surface area contributed by atoms with Crippen LogP contribution in [0.1, 0.15) is 11.1 Å². The van der Waals surface area contributed by atoms with Gasteiger partial charge in [0.05, 0.1) is 16.6 Å². The first-order valence-electron chi connectivity index (χ1n) is 7.73. The third kappa shape index (κ3) is 3.05. The summed E-state index contributed by atoms with van der Waals surface area (Å²) < 4.78 is 12.1. The predicted octanol–water partition coefficient (Wildman–Crippen LogP) is 3.56. The minimum absolute atomic E-state index is 0.0723. The summed E-state index contributed by atoms with van der Waals surface area (Å²) in [7, 11) is 0. The maximum atomic E-state index is 12.2. The molecule has 24 heavy (non-hydrogen) atoms. The molecule has 5 nitrogen and oxygen atoms in total. The Hall–Kier alpha value is -2.60. The molecular formula is C18H16N2O3S. The Balaban J connectivity index is 1.52. The fraction of sp³-hybridized carbons (Fsp3) is 0.222. The molecule has 3 aromatic rings. The van der Waals surface area contributed by atoms with Crippen LogP contribution in [0.3, 0.4) is 0 Å². The molecule has 0 unspecified atom stereocenters. The smallest absolute Gasteiger partial charge is 0.230 e. The number of hydrogen-bond donors (Lipinski definition) is 1. The molecule has 1 aliphatic heterocycles. The Morgan fingerprint density at radius 1 is 1.21 bits per heavy atom. The number of rotatable bonds is 3. The molecular weight excluding hydrogens is 324 g/mol. The predicted molar refractivity (Wildman–Crippen MR) is 94.1 cm³/mol. The van der Waals surface area contributed by atoms with Gasteiger partial charge in [-0.1, -0.05) is 41.2 Å². The van der Waals surface area contributed by atoms with Gasteiger partial charge in [0.2, 0.25) is 5.91 Å². The first-order chi connectivity index (χ1) is 11.7. The van der Waals surface area contributed by atoms with Gasteiger partial charge in [0.15, 0.2) is 16.6 Å². The van der Waals surface area contributed by atoms with E-state index >= 15 is 0 Å². The highest BCUT2D eigenvalue weighted by atomic mass is 32.1. The molecule has 0 aliphatic carbocycles. The van der Waals surface area contributed by atoms with Gasteiger partial charge in [-0.25, -0.2) is 4.98 Å². The van der Waals surface area contributed by atoms with Crippen molar-refractivity contribution in [3.05, 3.63) is 47.5 Å². The van der Waals surface area contributed by atoms with E-state index in [2.05, 4.69) is 10.3 Å². The van der Waals surface area contributed by atoms with Gasteiger partial charge in [-0.2, -0.15) is 0 Å². The van der Waals surface area contributed by atoms with Crippen LogP contribution in [-0.2, 0) is 11.2 Å². The lowest BCUT2D eigenvalue weighted by atomic mass is 10.1. The van der Waals surface area contributed by atoms with Gasteiger partial charge < -0.3 is 14.8 Å². The summed E-state index contributed by atoms with van der Waals surface area (Å²) in [5.41, 5.74) is 2.94. The Labute approximate surface area is 143 Å². The summed E-state index contributed by atoms with van der Waals surface area (Å²) in [5.74, 6) is 1.36. The number of fused-ring (bicyclic) bond motifs is 2. The van der Waals surface area contributed by atoms with Crippen molar-refractivity contribution in [2.75, 3.05) is 18.5 Å². The van der Waals surface area contributed by atoms with Crippen molar-refractivity contribution in [2.45, 2.75) is 13.3 Å². The Morgan fingerprint density at radius 3 is 2.79 bits per heavy atom. The zero-order valence-electron chi connectivity index (χ0n) is 13.2. The standard InChI is InChI=1S/C18H16N2O3S/c1-11-3-2-4-12(7-11)8-17(21)20-18-19-13-9-14-15(10-16(13)24-18)23-6-5-22-14/h2-4,7,9-10H,5-6,8H2,1H3,(H,19,20,21). The van der Waals surface area contributed by atoms with Gasteiger partial charge in [-0.05, 0) is 12.5 Å². The molecule has 122 valence electrons. The number of amides is 1. The zero-order valence-corrected chi connectivity index (χ0v) is 14.0. The van der Waals surface area contributed by atoms with Crippen LogP contribution < -0.4 is 14.8 Å². The first kappa shape index (κ1) is 15.0. The average Bonchev–Trinajstić information content (AvgIpc) is 2.93. The third-order valence-electron chi connectivity index (χ3n) is 3.75. The van der Waals surface area contributed by atoms with Crippen LogP contribution in [0.5, 0.6) is 11.5 Å². The average molecular weight is 340 g/mol. The maximum Gasteiger partial charge on any atom is 0.230 e. The van der Waals surface area contributed by atoms with E-state index in [0.29, 0.717) is 30.5 Å². The first-order valence-corrected chi connectivity index (χ1v) is 8.54. The molecule has 6 heteroatoms. The van der Waals surface area contributed by atoms with Crippen LogP contribution in [0, 0.1) is 6.92 Å². The normalized spacial score (nSPS) is 13.0. The molecule has 0 spiro atoms. The van der Waals surface area contributed by atoms with Crippen LogP contribution in [0.25, 0.3) is 10.2 Å². The molecule has 0 bridgehead atoms. The number of thiazole rings is 1. The SMILES string of the molecule is Cc1cccc(CC(=O)Nc2nc3cc4c(cc3s2)OCCO4)c1.